The van der Waals surface area contributed by atoms with Crippen molar-refractivity contribution in [3.8, 4) is 11.3 Å². The van der Waals surface area contributed by atoms with E-state index in [0.29, 0.717) is 12.2 Å². The Labute approximate surface area is 171 Å². The fraction of sp³-hybridized carbons (Fsp3) is 0.350. The van der Waals surface area contributed by atoms with E-state index >= 15 is 0 Å². The van der Waals surface area contributed by atoms with Gasteiger partial charge in [0, 0.05) is 19.4 Å². The zero-order chi connectivity index (χ0) is 21.9. The van der Waals surface area contributed by atoms with Crippen LogP contribution in [0.15, 0.2) is 48.9 Å². The van der Waals surface area contributed by atoms with Crippen LogP contribution >= 0.6 is 0 Å². The number of nitrogens with zero attached hydrogens (tertiary/aromatic N) is 3. The lowest BCUT2D eigenvalue weighted by Gasteiger charge is -2.29. The molecule has 0 saturated carbocycles. The average Bonchev–Trinajstić information content (AvgIpc) is 3.35. The predicted molar refractivity (Wildman–Crippen MR) is 103 cm³/mol. The van der Waals surface area contributed by atoms with Crippen LogP contribution in [0.3, 0.4) is 0 Å². The Hall–Kier alpha value is -3.14. The summed E-state index contributed by atoms with van der Waals surface area (Å²) < 4.78 is 42.0. The number of rotatable bonds is 7. The first-order valence-electron chi connectivity index (χ1n) is 9.32. The average molecular weight is 421 g/mol. The molecule has 3 rings (SSSR count). The molecule has 0 aliphatic rings. The van der Waals surface area contributed by atoms with E-state index in [0.717, 1.165) is 22.0 Å². The molecule has 7 nitrogen and oxygen atoms in total. The van der Waals surface area contributed by atoms with Crippen molar-refractivity contribution in [2.75, 3.05) is 0 Å². The van der Waals surface area contributed by atoms with Crippen LogP contribution in [-0.2, 0) is 17.4 Å². The molecule has 1 amide bonds. The number of H-pyrrole nitrogens is 1. The lowest BCUT2D eigenvalue weighted by Crippen LogP contribution is -2.48. The number of carbonyl (C=O) groups is 1. The van der Waals surface area contributed by atoms with Crippen molar-refractivity contribution < 1.29 is 23.1 Å². The summed E-state index contributed by atoms with van der Waals surface area (Å²) >= 11 is 0. The van der Waals surface area contributed by atoms with E-state index in [4.69, 9.17) is 0 Å². The number of amides is 1. The highest BCUT2D eigenvalue weighted by Crippen LogP contribution is 2.40. The van der Waals surface area contributed by atoms with Crippen molar-refractivity contribution in [2.45, 2.75) is 37.6 Å². The molecule has 2 atom stereocenters. The lowest BCUT2D eigenvalue weighted by molar-refractivity contribution is -0.271. The number of aromatic nitrogens is 4. The molecule has 10 heteroatoms. The summed E-state index contributed by atoms with van der Waals surface area (Å²) in [7, 11) is 1.32. The van der Waals surface area contributed by atoms with E-state index in [2.05, 4.69) is 20.3 Å². The summed E-state index contributed by atoms with van der Waals surface area (Å²) in [4.78, 5) is 23.4. The molecule has 0 bridgehead atoms. The number of aryl methyl sites for hydroxylation is 1. The van der Waals surface area contributed by atoms with Gasteiger partial charge in [-0.1, -0.05) is 37.3 Å². The Kier molecular flexibility index (Phi) is 5.97. The molecule has 0 radical (unpaired) electrons. The first kappa shape index (κ1) is 21.6. The number of benzene rings is 1. The number of alkyl halides is 3. The van der Waals surface area contributed by atoms with Crippen molar-refractivity contribution in [3.05, 3.63) is 60.6 Å². The quantitative estimate of drug-likeness (QED) is 0.546. The van der Waals surface area contributed by atoms with Gasteiger partial charge in [0.05, 0.1) is 24.4 Å². The fourth-order valence-corrected chi connectivity index (χ4v) is 3.19. The van der Waals surface area contributed by atoms with Crippen LogP contribution in [0.4, 0.5) is 13.2 Å². The molecule has 160 valence electrons. The van der Waals surface area contributed by atoms with E-state index < -0.39 is 36.0 Å². The summed E-state index contributed by atoms with van der Waals surface area (Å²) in [5, 5.41) is 12.9. The molecule has 2 aromatic heterocycles. The SMILES string of the molecule is CCC(NC(=O)CC(O)(c1nccn1C)C(F)(F)F)c1ncc(-c2ccccc2)[nH]1. The standard InChI is InChI=1S/C20H22F3N5O2/c1-3-14(17-25-12-15(27-17)13-7-5-4-6-8-13)26-16(29)11-19(30,20(21,22)23)18-24-9-10-28(18)2/h4-10,12,14,30H,3,11H2,1-2H3,(H,25,27)(H,26,29). The van der Waals surface area contributed by atoms with Gasteiger partial charge in [-0.25, -0.2) is 9.97 Å². The maximum absolute atomic E-state index is 13.6. The molecular weight excluding hydrogens is 399 g/mol. The minimum Gasteiger partial charge on any atom is -0.374 e. The molecule has 30 heavy (non-hydrogen) atoms. The van der Waals surface area contributed by atoms with Crippen LogP contribution in [0.25, 0.3) is 11.3 Å². The summed E-state index contributed by atoms with van der Waals surface area (Å²) in [5.74, 6) is -1.21. The van der Waals surface area contributed by atoms with E-state index in [1.165, 1.54) is 13.2 Å². The van der Waals surface area contributed by atoms with Crippen LogP contribution in [0.2, 0.25) is 0 Å². The molecule has 3 N–H and O–H groups in total. The minimum absolute atomic E-state index is 0.389. The minimum atomic E-state index is -5.09. The lowest BCUT2D eigenvalue weighted by atomic mass is 9.96. The zero-order valence-corrected chi connectivity index (χ0v) is 16.4. The smallest absolute Gasteiger partial charge is 0.374 e. The highest BCUT2D eigenvalue weighted by atomic mass is 19.4. The number of carbonyl (C=O) groups excluding carboxylic acids is 1. The Balaban J connectivity index is 1.78. The highest BCUT2D eigenvalue weighted by Gasteiger charge is 2.58. The van der Waals surface area contributed by atoms with Crippen LogP contribution in [0, 0.1) is 0 Å². The van der Waals surface area contributed by atoms with E-state index in [-0.39, 0.29) is 0 Å². The predicted octanol–water partition coefficient (Wildman–Crippen LogP) is 3.22. The van der Waals surface area contributed by atoms with E-state index in [1.54, 1.807) is 13.1 Å². The van der Waals surface area contributed by atoms with Gasteiger partial charge in [-0.3, -0.25) is 4.79 Å². The van der Waals surface area contributed by atoms with Crippen molar-refractivity contribution >= 4 is 5.91 Å². The molecule has 0 saturated heterocycles. The topological polar surface area (TPSA) is 95.8 Å². The molecule has 0 fully saturated rings. The Morgan fingerprint density at radius 1 is 1.27 bits per heavy atom. The molecule has 0 aliphatic carbocycles. The van der Waals surface area contributed by atoms with Gasteiger partial charge in [-0.2, -0.15) is 13.2 Å². The maximum atomic E-state index is 13.6. The molecule has 0 spiro atoms. The number of halogens is 3. The number of hydrogen-bond donors (Lipinski definition) is 3. The van der Waals surface area contributed by atoms with Gasteiger partial charge in [-0.15, -0.1) is 0 Å². The van der Waals surface area contributed by atoms with Gasteiger partial charge in [0.1, 0.15) is 5.82 Å². The molecule has 2 heterocycles. The second-order valence-electron chi connectivity index (χ2n) is 6.97. The number of imidazole rings is 2. The second-order valence-corrected chi connectivity index (χ2v) is 6.97. The third-order valence-electron chi connectivity index (χ3n) is 4.83. The third kappa shape index (κ3) is 4.23. The second kappa shape index (κ2) is 8.31. The first-order valence-corrected chi connectivity index (χ1v) is 9.32. The Morgan fingerprint density at radius 2 is 1.97 bits per heavy atom. The number of nitrogens with one attached hydrogen (secondary N) is 2. The third-order valence-corrected chi connectivity index (χ3v) is 4.83. The number of aliphatic hydroxyl groups is 1. The Bertz CT molecular complexity index is 999. The van der Waals surface area contributed by atoms with Crippen LogP contribution < -0.4 is 5.32 Å². The van der Waals surface area contributed by atoms with Gasteiger partial charge >= 0.3 is 6.18 Å². The molecule has 3 aromatic rings. The van der Waals surface area contributed by atoms with Crippen molar-refractivity contribution in [1.82, 2.24) is 24.8 Å². The van der Waals surface area contributed by atoms with Gasteiger partial charge in [0.2, 0.25) is 11.5 Å². The van der Waals surface area contributed by atoms with E-state index in [1.807, 2.05) is 30.3 Å². The largest absolute Gasteiger partial charge is 0.425 e. The summed E-state index contributed by atoms with van der Waals surface area (Å²) in [6.07, 6.45) is -1.92. The highest BCUT2D eigenvalue weighted by molar-refractivity contribution is 5.77. The molecule has 1 aromatic carbocycles. The van der Waals surface area contributed by atoms with Crippen molar-refractivity contribution in [2.24, 2.45) is 7.05 Å². The number of aromatic amines is 1. The van der Waals surface area contributed by atoms with Gasteiger partial charge < -0.3 is 20.0 Å². The monoisotopic (exact) mass is 421 g/mol. The van der Waals surface area contributed by atoms with Gasteiger partial charge in [0.15, 0.2) is 5.82 Å². The molecule has 0 aliphatic heterocycles. The van der Waals surface area contributed by atoms with E-state index in [9.17, 15) is 23.1 Å². The summed E-state index contributed by atoms with van der Waals surface area (Å²) in [5.41, 5.74) is -1.80. The first-order chi connectivity index (χ1) is 14.2. The normalized spacial score (nSPS) is 14.9. The molecular formula is C20H22F3N5O2. The maximum Gasteiger partial charge on any atom is 0.425 e. The molecule has 2 unspecified atom stereocenters. The van der Waals surface area contributed by atoms with Crippen LogP contribution in [0.1, 0.15) is 37.5 Å². The van der Waals surface area contributed by atoms with Crippen LogP contribution in [0.5, 0.6) is 0 Å². The Morgan fingerprint density at radius 3 is 2.53 bits per heavy atom. The van der Waals surface area contributed by atoms with Gasteiger partial charge in [0.25, 0.3) is 0 Å². The van der Waals surface area contributed by atoms with Crippen molar-refractivity contribution in [3.63, 3.8) is 0 Å². The summed E-state index contributed by atoms with van der Waals surface area (Å²) in [6, 6.07) is 8.72. The van der Waals surface area contributed by atoms with Gasteiger partial charge in [-0.05, 0) is 12.0 Å². The zero-order valence-electron chi connectivity index (χ0n) is 16.4. The summed E-state index contributed by atoms with van der Waals surface area (Å²) in [6.45, 7) is 1.77. The van der Waals surface area contributed by atoms with Crippen molar-refractivity contribution in [1.29, 1.82) is 0 Å². The van der Waals surface area contributed by atoms with Crippen LogP contribution in [-0.4, -0.2) is 36.7 Å². The fourth-order valence-electron chi connectivity index (χ4n) is 3.19. The number of hydrogen-bond acceptors (Lipinski definition) is 4.